The van der Waals surface area contributed by atoms with Crippen molar-refractivity contribution in [2.45, 2.75) is 38.1 Å². The zero-order valence-corrected chi connectivity index (χ0v) is 18.5. The molecule has 0 aliphatic carbocycles. The van der Waals surface area contributed by atoms with Crippen LogP contribution in [0, 0.1) is 5.92 Å². The van der Waals surface area contributed by atoms with Gasteiger partial charge >= 0.3 is 5.97 Å². The summed E-state index contributed by atoms with van der Waals surface area (Å²) in [7, 11) is 0. The lowest BCUT2D eigenvalue weighted by atomic mass is 9.92. The van der Waals surface area contributed by atoms with E-state index in [2.05, 4.69) is 0 Å². The number of aliphatic hydroxyl groups excluding tert-OH is 1. The summed E-state index contributed by atoms with van der Waals surface area (Å²) in [6, 6.07) is 27.6. The van der Waals surface area contributed by atoms with Gasteiger partial charge in [-0.25, -0.2) is 0 Å². The first kappa shape index (κ1) is 24.2. The number of carboxylic acids is 1. The summed E-state index contributed by atoms with van der Waals surface area (Å²) < 4.78 is 0. The van der Waals surface area contributed by atoms with Gasteiger partial charge in [0.15, 0.2) is 0 Å². The van der Waals surface area contributed by atoms with E-state index in [0.29, 0.717) is 6.42 Å². The third-order valence-electron chi connectivity index (χ3n) is 5.63. The number of aliphatic hydroxyl groups is 1. The van der Waals surface area contributed by atoms with E-state index in [0.717, 1.165) is 16.7 Å². The highest BCUT2D eigenvalue weighted by molar-refractivity contribution is 5.97. The minimum atomic E-state index is -1.39. The molecule has 6 heteroatoms. The fourth-order valence-electron chi connectivity index (χ4n) is 3.79. The zero-order valence-electron chi connectivity index (χ0n) is 18.5. The standard InChI is InChI=1S/C27H30N2O4/c28-24(16-20-10-4-1-5-11-20)25(30)17-23(27(32)33)26(31)29(18-21-12-6-2-7-13-21)19-22-14-8-3-9-15-22/h1-15,23-25,30H,16-19,28H2,(H,32,33)/t23-,24+,25+/m1/s1. The molecule has 4 N–H and O–H groups in total. The molecular formula is C27H30N2O4. The fraction of sp³-hybridized carbons (Fsp3) is 0.259. The van der Waals surface area contributed by atoms with Gasteiger partial charge < -0.3 is 20.8 Å². The maximum Gasteiger partial charge on any atom is 0.316 e. The van der Waals surface area contributed by atoms with Gasteiger partial charge in [-0.3, -0.25) is 9.59 Å². The van der Waals surface area contributed by atoms with E-state index in [1.807, 2.05) is 91.0 Å². The number of nitrogens with two attached hydrogens (primary N) is 1. The highest BCUT2D eigenvalue weighted by Gasteiger charge is 2.34. The lowest BCUT2D eigenvalue weighted by Crippen LogP contribution is -2.44. The van der Waals surface area contributed by atoms with Crippen LogP contribution in [0.5, 0.6) is 0 Å². The van der Waals surface area contributed by atoms with E-state index < -0.39 is 29.9 Å². The van der Waals surface area contributed by atoms with Crippen molar-refractivity contribution in [2.24, 2.45) is 11.7 Å². The summed E-state index contributed by atoms with van der Waals surface area (Å²) in [5.41, 5.74) is 8.89. The van der Waals surface area contributed by atoms with Crippen molar-refractivity contribution in [3.05, 3.63) is 108 Å². The van der Waals surface area contributed by atoms with Crippen molar-refractivity contribution in [1.82, 2.24) is 4.90 Å². The molecule has 3 aromatic carbocycles. The van der Waals surface area contributed by atoms with Crippen LogP contribution in [-0.4, -0.2) is 39.1 Å². The van der Waals surface area contributed by atoms with Crippen LogP contribution in [0.15, 0.2) is 91.0 Å². The van der Waals surface area contributed by atoms with Crippen LogP contribution < -0.4 is 5.73 Å². The Morgan fingerprint density at radius 1 is 0.758 bits per heavy atom. The normalized spacial score (nSPS) is 13.6. The zero-order chi connectivity index (χ0) is 23.6. The predicted octanol–water partition coefficient (Wildman–Crippen LogP) is 3.24. The lowest BCUT2D eigenvalue weighted by molar-refractivity contribution is -0.153. The Hall–Kier alpha value is -3.48. The summed E-state index contributed by atoms with van der Waals surface area (Å²) in [5, 5.41) is 20.5. The molecule has 0 fully saturated rings. The van der Waals surface area contributed by atoms with Crippen molar-refractivity contribution < 1.29 is 19.8 Å². The fourth-order valence-corrected chi connectivity index (χ4v) is 3.79. The third-order valence-corrected chi connectivity index (χ3v) is 5.63. The van der Waals surface area contributed by atoms with E-state index in [9.17, 15) is 19.8 Å². The molecule has 0 bridgehead atoms. The van der Waals surface area contributed by atoms with Crippen LogP contribution in [0.1, 0.15) is 23.1 Å². The molecule has 0 aliphatic heterocycles. The number of carboxylic acid groups (broad SMARTS) is 1. The molecule has 0 radical (unpaired) electrons. The Morgan fingerprint density at radius 2 is 1.18 bits per heavy atom. The molecule has 3 rings (SSSR count). The van der Waals surface area contributed by atoms with Crippen LogP contribution in [0.2, 0.25) is 0 Å². The van der Waals surface area contributed by atoms with Crippen molar-refractivity contribution >= 4 is 11.9 Å². The summed E-state index contributed by atoms with van der Waals surface area (Å²) in [6.07, 6.45) is -0.992. The molecule has 0 saturated heterocycles. The van der Waals surface area contributed by atoms with Gasteiger partial charge in [0.05, 0.1) is 6.10 Å². The molecule has 172 valence electrons. The van der Waals surface area contributed by atoms with Gasteiger partial charge in [0.25, 0.3) is 0 Å². The van der Waals surface area contributed by atoms with Gasteiger partial charge in [-0.1, -0.05) is 91.0 Å². The third kappa shape index (κ3) is 7.27. The molecule has 0 saturated carbocycles. The molecule has 0 aromatic heterocycles. The molecule has 0 aliphatic rings. The van der Waals surface area contributed by atoms with Gasteiger partial charge in [0, 0.05) is 19.1 Å². The minimum absolute atomic E-state index is 0.248. The highest BCUT2D eigenvalue weighted by atomic mass is 16.4. The van der Waals surface area contributed by atoms with E-state index in [1.54, 1.807) is 0 Å². The Balaban J connectivity index is 1.75. The number of hydrogen-bond donors (Lipinski definition) is 3. The summed E-state index contributed by atoms with van der Waals surface area (Å²) in [6.45, 7) is 0.537. The molecule has 1 amide bonds. The number of carbonyl (C=O) groups excluding carboxylic acids is 1. The first-order valence-corrected chi connectivity index (χ1v) is 11.0. The van der Waals surface area contributed by atoms with Gasteiger partial charge in [-0.15, -0.1) is 0 Å². The summed E-state index contributed by atoms with van der Waals surface area (Å²) in [4.78, 5) is 27.0. The molecular weight excluding hydrogens is 416 g/mol. The Bertz CT molecular complexity index is 971. The maximum atomic E-state index is 13.4. The van der Waals surface area contributed by atoms with Crippen LogP contribution >= 0.6 is 0 Å². The van der Waals surface area contributed by atoms with E-state index in [-0.39, 0.29) is 19.5 Å². The number of hydrogen-bond acceptors (Lipinski definition) is 4. The molecule has 33 heavy (non-hydrogen) atoms. The van der Waals surface area contributed by atoms with E-state index in [1.165, 1.54) is 4.90 Å². The second-order valence-electron chi connectivity index (χ2n) is 8.21. The van der Waals surface area contributed by atoms with Crippen molar-refractivity contribution in [3.63, 3.8) is 0 Å². The Kier molecular flexibility index (Phi) is 8.75. The molecule has 0 unspecified atom stereocenters. The van der Waals surface area contributed by atoms with E-state index in [4.69, 9.17) is 5.73 Å². The molecule has 3 aromatic rings. The van der Waals surface area contributed by atoms with Crippen molar-refractivity contribution in [2.75, 3.05) is 0 Å². The van der Waals surface area contributed by atoms with Crippen LogP contribution in [0.3, 0.4) is 0 Å². The minimum Gasteiger partial charge on any atom is -0.481 e. The van der Waals surface area contributed by atoms with Gasteiger partial charge in [0.1, 0.15) is 5.92 Å². The number of carbonyl (C=O) groups is 2. The van der Waals surface area contributed by atoms with Crippen LogP contribution in [0.25, 0.3) is 0 Å². The number of nitrogens with zero attached hydrogens (tertiary/aromatic N) is 1. The Morgan fingerprint density at radius 3 is 1.61 bits per heavy atom. The number of rotatable bonds is 11. The maximum absolute atomic E-state index is 13.4. The summed E-state index contributed by atoms with van der Waals surface area (Å²) >= 11 is 0. The monoisotopic (exact) mass is 446 g/mol. The number of amides is 1. The van der Waals surface area contributed by atoms with Crippen molar-refractivity contribution in [3.8, 4) is 0 Å². The molecule has 0 spiro atoms. The molecule has 0 heterocycles. The van der Waals surface area contributed by atoms with Crippen LogP contribution in [0.4, 0.5) is 0 Å². The Labute approximate surface area is 194 Å². The topological polar surface area (TPSA) is 104 Å². The van der Waals surface area contributed by atoms with E-state index >= 15 is 0 Å². The van der Waals surface area contributed by atoms with Crippen molar-refractivity contribution in [1.29, 1.82) is 0 Å². The average Bonchev–Trinajstić information content (AvgIpc) is 2.83. The predicted molar refractivity (Wildman–Crippen MR) is 127 cm³/mol. The quantitative estimate of drug-likeness (QED) is 0.392. The molecule has 3 atom stereocenters. The first-order chi connectivity index (χ1) is 15.9. The second-order valence-corrected chi connectivity index (χ2v) is 8.21. The largest absolute Gasteiger partial charge is 0.481 e. The number of benzene rings is 3. The van der Waals surface area contributed by atoms with Gasteiger partial charge in [0.2, 0.25) is 5.91 Å². The highest BCUT2D eigenvalue weighted by Crippen LogP contribution is 2.19. The van der Waals surface area contributed by atoms with Gasteiger partial charge in [-0.2, -0.15) is 0 Å². The number of aliphatic carboxylic acids is 1. The first-order valence-electron chi connectivity index (χ1n) is 11.0. The van der Waals surface area contributed by atoms with Gasteiger partial charge in [-0.05, 0) is 29.5 Å². The summed E-state index contributed by atoms with van der Waals surface area (Å²) in [5.74, 6) is -3.20. The lowest BCUT2D eigenvalue weighted by Gasteiger charge is -2.28. The second kappa shape index (κ2) is 11.9. The van der Waals surface area contributed by atoms with Crippen LogP contribution in [-0.2, 0) is 29.1 Å². The molecule has 6 nitrogen and oxygen atoms in total. The smallest absolute Gasteiger partial charge is 0.316 e. The SMILES string of the molecule is N[C@@H](Cc1ccccc1)[C@@H](O)C[C@@H](C(=O)O)C(=O)N(Cc1ccccc1)Cc1ccccc1. The average molecular weight is 447 g/mol.